The number of benzene rings is 1. The SMILES string of the molecule is CN(C(=O)CN1CCCNCC1)c1ccccc1C#N. The Morgan fingerprint density at radius 2 is 2.20 bits per heavy atom. The molecular formula is C15H20N4O. The van der Waals surface area contributed by atoms with Gasteiger partial charge in [0.2, 0.25) is 5.91 Å². The molecule has 1 aromatic rings. The maximum atomic E-state index is 12.3. The van der Waals surface area contributed by atoms with Crippen molar-refractivity contribution in [1.29, 1.82) is 5.26 Å². The van der Waals surface area contributed by atoms with Gasteiger partial charge in [-0.2, -0.15) is 5.26 Å². The number of para-hydroxylation sites is 1. The Morgan fingerprint density at radius 1 is 1.40 bits per heavy atom. The first-order chi connectivity index (χ1) is 9.72. The third kappa shape index (κ3) is 3.56. The molecule has 0 aromatic heterocycles. The lowest BCUT2D eigenvalue weighted by atomic mass is 10.2. The van der Waals surface area contributed by atoms with Crippen LogP contribution < -0.4 is 10.2 Å². The van der Waals surface area contributed by atoms with Crippen LogP contribution in [0, 0.1) is 11.3 Å². The van der Waals surface area contributed by atoms with Crippen molar-refractivity contribution in [3.63, 3.8) is 0 Å². The molecule has 0 aliphatic carbocycles. The van der Waals surface area contributed by atoms with Crippen LogP contribution >= 0.6 is 0 Å². The zero-order valence-corrected chi connectivity index (χ0v) is 11.8. The van der Waals surface area contributed by atoms with Crippen LogP contribution in [0.3, 0.4) is 0 Å². The Balaban J connectivity index is 2.03. The number of nitrogens with one attached hydrogen (secondary N) is 1. The first-order valence-corrected chi connectivity index (χ1v) is 6.91. The lowest BCUT2D eigenvalue weighted by molar-refractivity contribution is -0.119. The summed E-state index contributed by atoms with van der Waals surface area (Å²) in [4.78, 5) is 16.1. The van der Waals surface area contributed by atoms with Crippen molar-refractivity contribution in [2.45, 2.75) is 6.42 Å². The quantitative estimate of drug-likeness (QED) is 0.885. The van der Waals surface area contributed by atoms with Crippen LogP contribution in [0.5, 0.6) is 0 Å². The predicted molar refractivity (Wildman–Crippen MR) is 78.5 cm³/mol. The van der Waals surface area contributed by atoms with Gasteiger partial charge >= 0.3 is 0 Å². The molecule has 0 radical (unpaired) electrons. The van der Waals surface area contributed by atoms with E-state index < -0.39 is 0 Å². The molecule has 0 atom stereocenters. The van der Waals surface area contributed by atoms with Crippen LogP contribution in [0.25, 0.3) is 0 Å². The second kappa shape index (κ2) is 7.04. The summed E-state index contributed by atoms with van der Waals surface area (Å²) in [6.07, 6.45) is 1.06. The van der Waals surface area contributed by atoms with Crippen molar-refractivity contribution >= 4 is 11.6 Å². The molecule has 5 nitrogen and oxygen atoms in total. The van der Waals surface area contributed by atoms with Crippen LogP contribution in [-0.4, -0.2) is 50.6 Å². The number of rotatable bonds is 3. The molecule has 106 valence electrons. The number of nitrogens with zero attached hydrogens (tertiary/aromatic N) is 3. The first kappa shape index (κ1) is 14.5. The maximum Gasteiger partial charge on any atom is 0.240 e. The molecule has 1 aliphatic rings. The van der Waals surface area contributed by atoms with E-state index in [0.29, 0.717) is 17.8 Å². The van der Waals surface area contributed by atoms with Crippen LogP contribution in [0.15, 0.2) is 24.3 Å². The molecule has 1 fully saturated rings. The number of hydrogen-bond acceptors (Lipinski definition) is 4. The Kier molecular flexibility index (Phi) is 5.10. The van der Waals surface area contributed by atoms with E-state index in [0.717, 1.165) is 32.6 Å². The van der Waals surface area contributed by atoms with Crippen LogP contribution in [0.4, 0.5) is 5.69 Å². The fourth-order valence-electron chi connectivity index (χ4n) is 2.35. The van der Waals surface area contributed by atoms with Gasteiger partial charge in [-0.05, 0) is 31.6 Å². The number of carbonyl (C=O) groups excluding carboxylic acids is 1. The summed E-state index contributed by atoms with van der Waals surface area (Å²) in [6, 6.07) is 9.31. The van der Waals surface area contributed by atoms with Crippen molar-refractivity contribution in [3.8, 4) is 6.07 Å². The van der Waals surface area contributed by atoms with E-state index in [1.807, 2.05) is 6.07 Å². The molecule has 1 amide bonds. The number of carbonyl (C=O) groups is 1. The van der Waals surface area contributed by atoms with Gasteiger partial charge in [0.15, 0.2) is 0 Å². The molecule has 0 bridgehead atoms. The predicted octanol–water partition coefficient (Wildman–Crippen LogP) is 0.816. The van der Waals surface area contributed by atoms with E-state index in [9.17, 15) is 4.79 Å². The van der Waals surface area contributed by atoms with Gasteiger partial charge in [-0.15, -0.1) is 0 Å². The van der Waals surface area contributed by atoms with E-state index in [2.05, 4.69) is 16.3 Å². The highest BCUT2D eigenvalue weighted by atomic mass is 16.2. The number of hydrogen-bond donors (Lipinski definition) is 1. The van der Waals surface area contributed by atoms with Gasteiger partial charge in [0.25, 0.3) is 0 Å². The highest BCUT2D eigenvalue weighted by molar-refractivity contribution is 5.95. The fourth-order valence-corrected chi connectivity index (χ4v) is 2.35. The maximum absolute atomic E-state index is 12.3. The minimum absolute atomic E-state index is 0.0228. The molecule has 1 heterocycles. The van der Waals surface area contributed by atoms with Crippen LogP contribution in [0.2, 0.25) is 0 Å². The van der Waals surface area contributed by atoms with E-state index >= 15 is 0 Å². The Bertz CT molecular complexity index is 501. The minimum Gasteiger partial charge on any atom is -0.315 e. The molecule has 1 aliphatic heterocycles. The standard InChI is InChI=1S/C15H20N4O/c1-18(14-6-3-2-5-13(14)11-16)15(20)12-19-9-4-7-17-8-10-19/h2-3,5-6,17H,4,7-10,12H2,1H3. The zero-order chi connectivity index (χ0) is 14.4. The lowest BCUT2D eigenvalue weighted by Crippen LogP contribution is -2.40. The van der Waals surface area contributed by atoms with E-state index in [4.69, 9.17) is 5.26 Å². The minimum atomic E-state index is 0.0228. The van der Waals surface area contributed by atoms with E-state index in [1.54, 1.807) is 30.1 Å². The molecular weight excluding hydrogens is 252 g/mol. The van der Waals surface area contributed by atoms with Crippen molar-refractivity contribution < 1.29 is 4.79 Å². The fraction of sp³-hybridized carbons (Fsp3) is 0.467. The summed E-state index contributed by atoms with van der Waals surface area (Å²) in [5.41, 5.74) is 1.20. The monoisotopic (exact) mass is 272 g/mol. The van der Waals surface area contributed by atoms with Crippen molar-refractivity contribution in [2.24, 2.45) is 0 Å². The molecule has 1 N–H and O–H groups in total. The Labute approximate surface area is 119 Å². The third-order valence-corrected chi connectivity index (χ3v) is 3.55. The average Bonchev–Trinajstić information content (AvgIpc) is 2.75. The smallest absolute Gasteiger partial charge is 0.240 e. The van der Waals surface area contributed by atoms with Gasteiger partial charge in [-0.3, -0.25) is 9.69 Å². The van der Waals surface area contributed by atoms with Crippen molar-refractivity contribution in [2.75, 3.05) is 44.7 Å². The number of amides is 1. The highest BCUT2D eigenvalue weighted by Gasteiger charge is 2.18. The molecule has 20 heavy (non-hydrogen) atoms. The van der Waals surface area contributed by atoms with Gasteiger partial charge in [-0.1, -0.05) is 12.1 Å². The van der Waals surface area contributed by atoms with Gasteiger partial charge in [0, 0.05) is 20.1 Å². The molecule has 2 rings (SSSR count). The average molecular weight is 272 g/mol. The van der Waals surface area contributed by atoms with Gasteiger partial charge in [0.05, 0.1) is 17.8 Å². The molecule has 5 heteroatoms. The topological polar surface area (TPSA) is 59.4 Å². The van der Waals surface area contributed by atoms with Gasteiger partial charge in [0.1, 0.15) is 6.07 Å². The van der Waals surface area contributed by atoms with Gasteiger partial charge < -0.3 is 10.2 Å². The molecule has 0 unspecified atom stereocenters. The largest absolute Gasteiger partial charge is 0.315 e. The lowest BCUT2D eigenvalue weighted by Gasteiger charge is -2.24. The number of nitriles is 1. The normalized spacial score (nSPS) is 16.2. The zero-order valence-electron chi connectivity index (χ0n) is 11.8. The third-order valence-electron chi connectivity index (χ3n) is 3.55. The summed E-state index contributed by atoms with van der Waals surface area (Å²) < 4.78 is 0. The highest BCUT2D eigenvalue weighted by Crippen LogP contribution is 2.18. The molecule has 1 aromatic carbocycles. The first-order valence-electron chi connectivity index (χ1n) is 6.91. The van der Waals surface area contributed by atoms with Crippen LogP contribution in [-0.2, 0) is 4.79 Å². The van der Waals surface area contributed by atoms with Crippen molar-refractivity contribution in [3.05, 3.63) is 29.8 Å². The van der Waals surface area contributed by atoms with E-state index in [-0.39, 0.29) is 5.91 Å². The summed E-state index contributed by atoms with van der Waals surface area (Å²) >= 11 is 0. The second-order valence-electron chi connectivity index (χ2n) is 4.96. The Morgan fingerprint density at radius 3 is 3.00 bits per heavy atom. The molecule has 0 saturated carbocycles. The molecule has 1 saturated heterocycles. The molecule has 0 spiro atoms. The Hall–Kier alpha value is -1.90. The van der Waals surface area contributed by atoms with Crippen molar-refractivity contribution in [1.82, 2.24) is 10.2 Å². The summed E-state index contributed by atoms with van der Waals surface area (Å²) in [5.74, 6) is 0.0228. The second-order valence-corrected chi connectivity index (χ2v) is 4.96. The van der Waals surface area contributed by atoms with Crippen LogP contribution in [0.1, 0.15) is 12.0 Å². The summed E-state index contributed by atoms with van der Waals surface area (Å²) in [5, 5.41) is 12.4. The number of likely N-dealkylation sites (N-methyl/N-ethyl adjacent to an activating group) is 1. The summed E-state index contributed by atoms with van der Waals surface area (Å²) in [7, 11) is 1.73. The van der Waals surface area contributed by atoms with Gasteiger partial charge in [-0.25, -0.2) is 0 Å². The number of anilines is 1. The van der Waals surface area contributed by atoms with E-state index in [1.165, 1.54) is 0 Å². The summed E-state index contributed by atoms with van der Waals surface area (Å²) in [6.45, 7) is 4.16.